The molecule has 0 radical (unpaired) electrons. The van der Waals surface area contributed by atoms with Crippen molar-refractivity contribution in [3.8, 4) is 0 Å². The number of aliphatic hydroxyl groups is 1. The number of hydrogen-bond donors (Lipinski definition) is 1. The van der Waals surface area contributed by atoms with Crippen molar-refractivity contribution in [2.24, 2.45) is 0 Å². The van der Waals surface area contributed by atoms with Crippen LogP contribution in [0.3, 0.4) is 0 Å². The fourth-order valence-corrected chi connectivity index (χ4v) is 2.63. The third-order valence-corrected chi connectivity index (χ3v) is 3.83. The second-order valence-corrected chi connectivity index (χ2v) is 5.10. The van der Waals surface area contributed by atoms with E-state index in [1.54, 1.807) is 6.20 Å². The van der Waals surface area contributed by atoms with E-state index in [0.717, 1.165) is 48.3 Å². The largest absolute Gasteiger partial charge is 0.392 e. The molecule has 0 bridgehead atoms. The lowest BCUT2D eigenvalue weighted by Gasteiger charge is -2.34. The lowest BCUT2D eigenvalue weighted by Crippen LogP contribution is -2.44. The first-order valence-electron chi connectivity index (χ1n) is 6.70. The molecule has 1 aliphatic heterocycles. The van der Waals surface area contributed by atoms with E-state index in [9.17, 15) is 5.11 Å². The molecule has 1 saturated heterocycles. The Kier molecular flexibility index (Phi) is 3.36. The number of anilines is 1. The van der Waals surface area contributed by atoms with Crippen LogP contribution in [0.5, 0.6) is 0 Å². The maximum Gasteiger partial charge on any atom is 0.136 e. The number of aromatic nitrogens is 1. The van der Waals surface area contributed by atoms with Crippen molar-refractivity contribution in [3.05, 3.63) is 36.0 Å². The van der Waals surface area contributed by atoms with Gasteiger partial charge >= 0.3 is 0 Å². The molecule has 4 heteroatoms. The van der Waals surface area contributed by atoms with Crippen molar-refractivity contribution in [2.75, 3.05) is 38.1 Å². The van der Waals surface area contributed by atoms with E-state index < -0.39 is 0 Å². The molecule has 1 aromatic heterocycles. The number of piperazine rings is 1. The number of pyridine rings is 1. The fraction of sp³-hybridized carbons (Fsp3) is 0.400. The highest BCUT2D eigenvalue weighted by Crippen LogP contribution is 2.27. The summed E-state index contributed by atoms with van der Waals surface area (Å²) in [4.78, 5) is 9.24. The van der Waals surface area contributed by atoms with Crippen LogP contribution >= 0.6 is 0 Å². The van der Waals surface area contributed by atoms with E-state index in [4.69, 9.17) is 0 Å². The van der Waals surface area contributed by atoms with Gasteiger partial charge in [0.25, 0.3) is 0 Å². The number of rotatable bonds is 2. The van der Waals surface area contributed by atoms with Gasteiger partial charge in [0.1, 0.15) is 5.82 Å². The SMILES string of the molecule is CN1CCN(c2ncc(CO)c3ccccc23)CC1. The van der Waals surface area contributed by atoms with Crippen LogP contribution in [0.1, 0.15) is 5.56 Å². The first-order valence-corrected chi connectivity index (χ1v) is 6.70. The van der Waals surface area contributed by atoms with E-state index in [1.807, 2.05) is 12.1 Å². The molecule has 2 aromatic rings. The third kappa shape index (κ3) is 2.29. The predicted octanol–water partition coefficient (Wildman–Crippen LogP) is 1.48. The van der Waals surface area contributed by atoms with Crippen molar-refractivity contribution < 1.29 is 5.11 Å². The molecule has 0 unspecified atom stereocenters. The van der Waals surface area contributed by atoms with Crippen LogP contribution in [-0.4, -0.2) is 48.2 Å². The summed E-state index contributed by atoms with van der Waals surface area (Å²) < 4.78 is 0. The summed E-state index contributed by atoms with van der Waals surface area (Å²) in [5.74, 6) is 1.04. The van der Waals surface area contributed by atoms with Gasteiger partial charge in [0.05, 0.1) is 6.61 Å². The quantitative estimate of drug-likeness (QED) is 0.884. The number of likely N-dealkylation sites (N-methyl/N-ethyl adjacent to an activating group) is 1. The number of benzene rings is 1. The Hall–Kier alpha value is -1.65. The lowest BCUT2D eigenvalue weighted by molar-refractivity contribution is 0.283. The van der Waals surface area contributed by atoms with Gasteiger partial charge in [-0.1, -0.05) is 24.3 Å². The van der Waals surface area contributed by atoms with Gasteiger partial charge in [-0.25, -0.2) is 4.98 Å². The summed E-state index contributed by atoms with van der Waals surface area (Å²) >= 11 is 0. The molecular formula is C15H19N3O. The van der Waals surface area contributed by atoms with Crippen molar-refractivity contribution in [3.63, 3.8) is 0 Å². The minimum Gasteiger partial charge on any atom is -0.392 e. The van der Waals surface area contributed by atoms with Gasteiger partial charge in [-0.15, -0.1) is 0 Å². The van der Waals surface area contributed by atoms with Crippen molar-refractivity contribution in [2.45, 2.75) is 6.61 Å². The topological polar surface area (TPSA) is 39.6 Å². The van der Waals surface area contributed by atoms with Gasteiger partial charge in [0, 0.05) is 43.3 Å². The van der Waals surface area contributed by atoms with E-state index in [2.05, 4.69) is 34.0 Å². The average Bonchev–Trinajstić information content (AvgIpc) is 2.47. The van der Waals surface area contributed by atoms with Gasteiger partial charge in [-0.05, 0) is 12.4 Å². The molecule has 19 heavy (non-hydrogen) atoms. The molecule has 1 aliphatic rings. The fourth-order valence-electron chi connectivity index (χ4n) is 2.63. The Morgan fingerprint density at radius 1 is 1.11 bits per heavy atom. The monoisotopic (exact) mass is 257 g/mol. The molecule has 1 aromatic carbocycles. The summed E-state index contributed by atoms with van der Waals surface area (Å²) in [5, 5.41) is 11.7. The highest BCUT2D eigenvalue weighted by Gasteiger charge is 2.18. The molecule has 0 amide bonds. The average molecular weight is 257 g/mol. The molecule has 3 rings (SSSR count). The standard InChI is InChI=1S/C15H19N3O/c1-17-6-8-18(9-7-17)15-14-5-3-2-4-13(14)12(11-19)10-16-15/h2-5,10,19H,6-9,11H2,1H3. The van der Waals surface area contributed by atoms with Crippen molar-refractivity contribution in [1.29, 1.82) is 0 Å². The van der Waals surface area contributed by atoms with Crippen molar-refractivity contribution in [1.82, 2.24) is 9.88 Å². The van der Waals surface area contributed by atoms with Crippen LogP contribution in [-0.2, 0) is 6.61 Å². The minimum atomic E-state index is 0.0382. The molecule has 0 saturated carbocycles. The summed E-state index contributed by atoms with van der Waals surface area (Å²) in [6.45, 7) is 4.18. The van der Waals surface area contributed by atoms with Gasteiger partial charge in [-0.2, -0.15) is 0 Å². The number of hydrogen-bond acceptors (Lipinski definition) is 4. The highest BCUT2D eigenvalue weighted by atomic mass is 16.3. The predicted molar refractivity (Wildman–Crippen MR) is 77.4 cm³/mol. The summed E-state index contributed by atoms with van der Waals surface area (Å²) in [6, 6.07) is 8.19. The molecule has 4 nitrogen and oxygen atoms in total. The first kappa shape index (κ1) is 12.4. The van der Waals surface area contributed by atoms with Crippen molar-refractivity contribution >= 4 is 16.6 Å². The van der Waals surface area contributed by atoms with Crippen LogP contribution < -0.4 is 4.90 Å². The molecule has 0 atom stereocenters. The summed E-state index contributed by atoms with van der Waals surface area (Å²) in [7, 11) is 2.15. The molecule has 1 fully saturated rings. The minimum absolute atomic E-state index is 0.0382. The number of fused-ring (bicyclic) bond motifs is 1. The van der Waals surface area contributed by atoms with Crippen LogP contribution in [0.25, 0.3) is 10.8 Å². The van der Waals surface area contributed by atoms with Gasteiger partial charge in [0.2, 0.25) is 0 Å². The Bertz CT molecular complexity index is 577. The zero-order chi connectivity index (χ0) is 13.2. The van der Waals surface area contributed by atoms with Crippen LogP contribution in [0, 0.1) is 0 Å². The highest BCUT2D eigenvalue weighted by molar-refractivity contribution is 5.94. The van der Waals surface area contributed by atoms with Crippen LogP contribution in [0.15, 0.2) is 30.5 Å². The molecule has 0 aliphatic carbocycles. The Labute approximate surface area is 113 Å². The molecule has 1 N–H and O–H groups in total. The van der Waals surface area contributed by atoms with E-state index in [0.29, 0.717) is 0 Å². The number of aliphatic hydroxyl groups excluding tert-OH is 1. The molecule has 0 spiro atoms. The van der Waals surface area contributed by atoms with E-state index >= 15 is 0 Å². The van der Waals surface area contributed by atoms with E-state index in [1.165, 1.54) is 0 Å². The Morgan fingerprint density at radius 2 is 1.79 bits per heavy atom. The van der Waals surface area contributed by atoms with E-state index in [-0.39, 0.29) is 6.61 Å². The lowest BCUT2D eigenvalue weighted by atomic mass is 10.1. The smallest absolute Gasteiger partial charge is 0.136 e. The number of nitrogens with zero attached hydrogens (tertiary/aromatic N) is 3. The summed E-state index contributed by atoms with van der Waals surface area (Å²) in [6.07, 6.45) is 1.80. The second kappa shape index (κ2) is 5.15. The maximum atomic E-state index is 9.41. The van der Waals surface area contributed by atoms with Crippen LogP contribution in [0.2, 0.25) is 0 Å². The molecule has 100 valence electrons. The normalized spacial score (nSPS) is 17.1. The van der Waals surface area contributed by atoms with Gasteiger partial charge < -0.3 is 14.9 Å². The zero-order valence-electron chi connectivity index (χ0n) is 11.2. The van der Waals surface area contributed by atoms with Crippen LogP contribution in [0.4, 0.5) is 5.82 Å². The Balaban J connectivity index is 2.04. The molecular weight excluding hydrogens is 238 g/mol. The molecule has 2 heterocycles. The maximum absolute atomic E-state index is 9.41. The van der Waals surface area contributed by atoms with Gasteiger partial charge in [0.15, 0.2) is 0 Å². The summed E-state index contributed by atoms with van der Waals surface area (Å²) in [5.41, 5.74) is 0.897. The third-order valence-electron chi connectivity index (χ3n) is 3.83. The first-order chi connectivity index (χ1) is 9.29. The van der Waals surface area contributed by atoms with Gasteiger partial charge in [-0.3, -0.25) is 0 Å². The Morgan fingerprint density at radius 3 is 2.47 bits per heavy atom. The second-order valence-electron chi connectivity index (χ2n) is 5.10. The zero-order valence-corrected chi connectivity index (χ0v) is 11.2.